The maximum atomic E-state index is 9.44. The van der Waals surface area contributed by atoms with Crippen LogP contribution in [-0.4, -0.2) is 12.2 Å². The van der Waals surface area contributed by atoms with E-state index < -0.39 is 0 Å². The summed E-state index contributed by atoms with van der Waals surface area (Å²) in [6, 6.07) is 5.65. The molecule has 1 aliphatic rings. The van der Waals surface area contributed by atoms with Crippen LogP contribution in [0.15, 0.2) is 18.2 Å². The predicted molar refractivity (Wildman–Crippen MR) is 46.6 cm³/mol. The van der Waals surface area contributed by atoms with Crippen LogP contribution >= 0.6 is 0 Å². The van der Waals surface area contributed by atoms with Gasteiger partial charge in [0.2, 0.25) is 0 Å². The maximum Gasteiger partial charge on any atom is 0.160 e. The lowest BCUT2D eigenvalue weighted by Gasteiger charge is -2.04. The first-order valence-electron chi connectivity index (χ1n) is 4.18. The first-order chi connectivity index (χ1) is 5.81. The quantitative estimate of drug-likeness (QED) is 0.726. The van der Waals surface area contributed by atoms with Crippen molar-refractivity contribution in [3.63, 3.8) is 0 Å². The van der Waals surface area contributed by atoms with E-state index in [-0.39, 0.29) is 5.75 Å². The average molecular weight is 164 g/mol. The van der Waals surface area contributed by atoms with Gasteiger partial charge in [0.1, 0.15) is 0 Å². The number of benzene rings is 1. The highest BCUT2D eigenvalue weighted by molar-refractivity contribution is 5.43. The number of phenolic OH excluding ortho intramolecular Hbond substituents is 1. The molecule has 1 aliphatic carbocycles. The molecule has 1 saturated carbocycles. The van der Waals surface area contributed by atoms with Crippen molar-refractivity contribution in [3.8, 4) is 11.5 Å². The zero-order valence-corrected chi connectivity index (χ0v) is 7.08. The van der Waals surface area contributed by atoms with Crippen molar-refractivity contribution >= 4 is 0 Å². The van der Waals surface area contributed by atoms with E-state index >= 15 is 0 Å². The van der Waals surface area contributed by atoms with Crippen molar-refractivity contribution in [1.82, 2.24) is 0 Å². The van der Waals surface area contributed by atoms with E-state index in [0.717, 1.165) is 0 Å². The fraction of sp³-hybridized carbons (Fsp3) is 0.400. The zero-order valence-electron chi connectivity index (χ0n) is 7.08. The smallest absolute Gasteiger partial charge is 0.160 e. The summed E-state index contributed by atoms with van der Waals surface area (Å²) in [7, 11) is 1.56. The van der Waals surface area contributed by atoms with Crippen molar-refractivity contribution in [1.29, 1.82) is 0 Å². The summed E-state index contributed by atoms with van der Waals surface area (Å²) >= 11 is 0. The monoisotopic (exact) mass is 164 g/mol. The van der Waals surface area contributed by atoms with Gasteiger partial charge in [-0.1, -0.05) is 6.07 Å². The van der Waals surface area contributed by atoms with Crippen LogP contribution in [0.1, 0.15) is 24.3 Å². The van der Waals surface area contributed by atoms with E-state index in [1.807, 2.05) is 12.1 Å². The second-order valence-corrected chi connectivity index (χ2v) is 3.21. The summed E-state index contributed by atoms with van der Waals surface area (Å²) in [5, 5.41) is 9.44. The molecule has 0 heterocycles. The standard InChI is InChI=1S/C10H12O2/c1-12-10-5-4-8(6-9(10)11)7-2-3-7/h4-7,11H,2-3H2,1H3. The molecule has 0 atom stereocenters. The van der Waals surface area contributed by atoms with Gasteiger partial charge in [-0.3, -0.25) is 0 Å². The summed E-state index contributed by atoms with van der Waals surface area (Å²) in [6.45, 7) is 0. The minimum Gasteiger partial charge on any atom is -0.504 e. The Bertz CT molecular complexity index is 290. The van der Waals surface area contributed by atoms with E-state index in [1.165, 1.54) is 18.4 Å². The molecular weight excluding hydrogens is 152 g/mol. The molecule has 2 rings (SSSR count). The number of ether oxygens (including phenoxy) is 1. The Morgan fingerprint density at radius 1 is 1.42 bits per heavy atom. The normalized spacial score (nSPS) is 16.1. The Balaban J connectivity index is 2.30. The number of methoxy groups -OCH3 is 1. The number of phenols is 1. The van der Waals surface area contributed by atoms with Crippen molar-refractivity contribution in [2.24, 2.45) is 0 Å². The SMILES string of the molecule is COc1ccc(C2CC2)cc1O. The van der Waals surface area contributed by atoms with E-state index in [4.69, 9.17) is 4.74 Å². The van der Waals surface area contributed by atoms with E-state index in [1.54, 1.807) is 13.2 Å². The Hall–Kier alpha value is -1.18. The molecule has 1 fully saturated rings. The average Bonchev–Trinajstić information content (AvgIpc) is 2.86. The van der Waals surface area contributed by atoms with Gasteiger partial charge in [-0.15, -0.1) is 0 Å². The lowest BCUT2D eigenvalue weighted by Crippen LogP contribution is -1.85. The molecule has 1 aromatic rings. The van der Waals surface area contributed by atoms with Gasteiger partial charge in [-0.2, -0.15) is 0 Å². The van der Waals surface area contributed by atoms with Crippen LogP contribution in [0.5, 0.6) is 11.5 Å². The molecule has 1 aromatic carbocycles. The Morgan fingerprint density at radius 3 is 2.67 bits per heavy atom. The largest absolute Gasteiger partial charge is 0.504 e. The van der Waals surface area contributed by atoms with Crippen LogP contribution in [0.2, 0.25) is 0 Å². The second kappa shape index (κ2) is 2.70. The third-order valence-corrected chi connectivity index (χ3v) is 2.25. The fourth-order valence-corrected chi connectivity index (χ4v) is 1.38. The van der Waals surface area contributed by atoms with Gasteiger partial charge in [0, 0.05) is 0 Å². The van der Waals surface area contributed by atoms with Crippen LogP contribution in [0.4, 0.5) is 0 Å². The van der Waals surface area contributed by atoms with Gasteiger partial charge >= 0.3 is 0 Å². The molecule has 0 amide bonds. The number of rotatable bonds is 2. The summed E-state index contributed by atoms with van der Waals surface area (Å²) in [6.07, 6.45) is 2.51. The number of aromatic hydroxyl groups is 1. The van der Waals surface area contributed by atoms with Gasteiger partial charge < -0.3 is 9.84 Å². The van der Waals surface area contributed by atoms with E-state index in [2.05, 4.69) is 0 Å². The number of hydrogen-bond acceptors (Lipinski definition) is 2. The molecular formula is C10H12O2. The maximum absolute atomic E-state index is 9.44. The topological polar surface area (TPSA) is 29.5 Å². The lowest BCUT2D eigenvalue weighted by atomic mass is 10.1. The highest BCUT2D eigenvalue weighted by Crippen LogP contribution is 2.42. The summed E-state index contributed by atoms with van der Waals surface area (Å²) in [5.41, 5.74) is 1.23. The third kappa shape index (κ3) is 1.24. The highest BCUT2D eigenvalue weighted by Gasteiger charge is 2.24. The Morgan fingerprint density at radius 2 is 2.17 bits per heavy atom. The first-order valence-corrected chi connectivity index (χ1v) is 4.18. The second-order valence-electron chi connectivity index (χ2n) is 3.21. The Labute approximate surface area is 71.8 Å². The summed E-state index contributed by atoms with van der Waals surface area (Å²) < 4.78 is 4.95. The van der Waals surface area contributed by atoms with Crippen LogP contribution in [0, 0.1) is 0 Å². The van der Waals surface area contributed by atoms with Crippen LogP contribution in [0.25, 0.3) is 0 Å². The van der Waals surface area contributed by atoms with Crippen LogP contribution < -0.4 is 4.74 Å². The minimum absolute atomic E-state index is 0.252. The predicted octanol–water partition coefficient (Wildman–Crippen LogP) is 2.28. The van der Waals surface area contributed by atoms with Crippen molar-refractivity contribution < 1.29 is 9.84 Å². The van der Waals surface area contributed by atoms with Crippen molar-refractivity contribution in [2.75, 3.05) is 7.11 Å². The minimum atomic E-state index is 0.252. The zero-order chi connectivity index (χ0) is 8.55. The molecule has 0 aliphatic heterocycles. The highest BCUT2D eigenvalue weighted by atomic mass is 16.5. The molecule has 0 bridgehead atoms. The molecule has 0 aromatic heterocycles. The molecule has 0 saturated heterocycles. The van der Waals surface area contributed by atoms with E-state index in [0.29, 0.717) is 11.7 Å². The molecule has 0 unspecified atom stereocenters. The van der Waals surface area contributed by atoms with Gasteiger partial charge in [0.25, 0.3) is 0 Å². The molecule has 0 spiro atoms. The molecule has 2 heteroatoms. The molecule has 12 heavy (non-hydrogen) atoms. The molecule has 2 nitrogen and oxygen atoms in total. The Kier molecular flexibility index (Phi) is 1.68. The molecule has 0 radical (unpaired) electrons. The lowest BCUT2D eigenvalue weighted by molar-refractivity contribution is 0.373. The van der Waals surface area contributed by atoms with Crippen molar-refractivity contribution in [2.45, 2.75) is 18.8 Å². The van der Waals surface area contributed by atoms with E-state index in [9.17, 15) is 5.11 Å². The van der Waals surface area contributed by atoms with Gasteiger partial charge in [0.15, 0.2) is 11.5 Å². The third-order valence-electron chi connectivity index (χ3n) is 2.25. The summed E-state index contributed by atoms with van der Waals surface area (Å²) in [5.74, 6) is 1.49. The van der Waals surface area contributed by atoms with Gasteiger partial charge in [0.05, 0.1) is 7.11 Å². The van der Waals surface area contributed by atoms with Gasteiger partial charge in [-0.25, -0.2) is 0 Å². The summed E-state index contributed by atoms with van der Waals surface area (Å²) in [4.78, 5) is 0. The van der Waals surface area contributed by atoms with Gasteiger partial charge in [-0.05, 0) is 36.5 Å². The van der Waals surface area contributed by atoms with Crippen LogP contribution in [0.3, 0.4) is 0 Å². The number of hydrogen-bond donors (Lipinski definition) is 1. The van der Waals surface area contributed by atoms with Crippen molar-refractivity contribution in [3.05, 3.63) is 23.8 Å². The molecule has 1 N–H and O–H groups in total. The molecule has 64 valence electrons. The van der Waals surface area contributed by atoms with Crippen LogP contribution in [-0.2, 0) is 0 Å². The fourth-order valence-electron chi connectivity index (χ4n) is 1.38. The first kappa shape index (κ1) is 7.47.